The maximum absolute atomic E-state index is 10.6. The van der Waals surface area contributed by atoms with Crippen molar-refractivity contribution in [2.45, 2.75) is 44.2 Å². The normalized spacial score (nSPS) is 27.8. The molecule has 0 aliphatic heterocycles. The Labute approximate surface area is 70.5 Å². The Bertz CT molecular complexity index is 215. The number of esters is 1. The summed E-state index contributed by atoms with van der Waals surface area (Å²) < 4.78 is 10.2. The van der Waals surface area contributed by atoms with Crippen molar-refractivity contribution in [3.05, 3.63) is 0 Å². The smallest absolute Gasteiger partial charge is 0.305 e. The quantitative estimate of drug-likeness (QED) is 0.498. The van der Waals surface area contributed by atoms with Crippen molar-refractivity contribution in [1.82, 2.24) is 0 Å². The molecule has 0 atom stereocenters. The fraction of sp³-hybridized carbons (Fsp3) is 0.875. The molecule has 68 valence electrons. The summed E-state index contributed by atoms with van der Waals surface area (Å²) in [6, 6.07) is 0. The van der Waals surface area contributed by atoms with E-state index in [4.69, 9.17) is 9.47 Å². The third kappa shape index (κ3) is 1.59. The molecule has 0 heterocycles. The minimum Gasteiger partial charge on any atom is -0.433 e. The van der Waals surface area contributed by atoms with Crippen LogP contribution in [0.15, 0.2) is 0 Å². The molecule has 4 heteroatoms. The van der Waals surface area contributed by atoms with Crippen LogP contribution in [0, 0.1) is 0 Å². The van der Waals surface area contributed by atoms with Crippen LogP contribution in [-0.2, 0) is 14.3 Å². The first kappa shape index (κ1) is 8.01. The molecule has 2 aliphatic carbocycles. The summed E-state index contributed by atoms with van der Waals surface area (Å²) in [7, 11) is 0. The molecule has 2 fully saturated rings. The third-order valence-electron chi connectivity index (χ3n) is 2.04. The van der Waals surface area contributed by atoms with E-state index in [9.17, 15) is 9.90 Å². The van der Waals surface area contributed by atoms with Gasteiger partial charge >= 0.3 is 5.97 Å². The Morgan fingerprint density at radius 1 is 1.33 bits per heavy atom. The zero-order chi connectivity index (χ0) is 8.82. The number of hydrogen-bond donors (Lipinski definition) is 1. The van der Waals surface area contributed by atoms with Gasteiger partial charge in [0.1, 0.15) is 0 Å². The minimum absolute atomic E-state index is 0.350. The van der Waals surface area contributed by atoms with Gasteiger partial charge in [0, 0.05) is 32.6 Å². The molecule has 0 amide bonds. The van der Waals surface area contributed by atoms with Gasteiger partial charge in [-0.3, -0.25) is 4.79 Å². The van der Waals surface area contributed by atoms with Crippen LogP contribution in [0.25, 0.3) is 0 Å². The van der Waals surface area contributed by atoms with E-state index in [1.165, 1.54) is 6.92 Å². The molecule has 0 aromatic rings. The molecule has 0 saturated heterocycles. The lowest BCUT2D eigenvalue weighted by molar-refractivity contribution is -0.254. The highest BCUT2D eigenvalue weighted by Crippen LogP contribution is 2.49. The summed E-state index contributed by atoms with van der Waals surface area (Å²) >= 11 is 0. The number of carbonyl (C=O) groups is 1. The van der Waals surface area contributed by atoms with Gasteiger partial charge in [-0.05, 0) is 0 Å². The number of rotatable bonds is 3. The van der Waals surface area contributed by atoms with Gasteiger partial charge in [-0.1, -0.05) is 0 Å². The number of hydrogen-bond acceptors (Lipinski definition) is 4. The fourth-order valence-electron chi connectivity index (χ4n) is 1.14. The minimum atomic E-state index is -0.994. The second-order valence-corrected chi connectivity index (χ2v) is 3.55. The summed E-state index contributed by atoms with van der Waals surface area (Å²) in [6.45, 7) is 1.35. The molecule has 0 unspecified atom stereocenters. The van der Waals surface area contributed by atoms with E-state index in [0.29, 0.717) is 25.7 Å². The van der Waals surface area contributed by atoms with Gasteiger partial charge in [-0.2, -0.15) is 0 Å². The Hall–Kier alpha value is -0.610. The van der Waals surface area contributed by atoms with Crippen molar-refractivity contribution in [3.63, 3.8) is 0 Å². The number of carbonyl (C=O) groups excluding carboxylic acids is 1. The summed E-state index contributed by atoms with van der Waals surface area (Å²) in [5.41, 5.74) is 0. The maximum atomic E-state index is 10.6. The van der Waals surface area contributed by atoms with Gasteiger partial charge in [0.2, 0.25) is 5.79 Å². The second-order valence-electron chi connectivity index (χ2n) is 3.55. The average molecular weight is 172 g/mol. The summed E-state index contributed by atoms with van der Waals surface area (Å²) in [6.07, 6.45) is 2.70. The average Bonchev–Trinajstić information content (AvgIpc) is 2.76. The lowest BCUT2D eigenvalue weighted by atomic mass is 10.6. The monoisotopic (exact) mass is 172 g/mol. The molecule has 2 rings (SSSR count). The highest BCUT2D eigenvalue weighted by Gasteiger charge is 2.57. The van der Waals surface area contributed by atoms with Crippen LogP contribution in [0.3, 0.4) is 0 Å². The molecule has 4 nitrogen and oxygen atoms in total. The lowest BCUT2D eigenvalue weighted by Gasteiger charge is -2.19. The van der Waals surface area contributed by atoms with Gasteiger partial charge in [0.05, 0.1) is 0 Å². The van der Waals surface area contributed by atoms with Crippen LogP contribution < -0.4 is 0 Å². The van der Waals surface area contributed by atoms with E-state index in [-0.39, 0.29) is 5.97 Å². The predicted octanol–water partition coefficient (Wildman–Crippen LogP) is 0.539. The van der Waals surface area contributed by atoms with Crippen LogP contribution in [0.2, 0.25) is 0 Å². The molecule has 0 bridgehead atoms. The van der Waals surface area contributed by atoms with Gasteiger partial charge in [-0.25, -0.2) is 0 Å². The van der Waals surface area contributed by atoms with Crippen molar-refractivity contribution < 1.29 is 19.4 Å². The molecule has 12 heavy (non-hydrogen) atoms. The second kappa shape index (κ2) is 2.20. The first-order chi connectivity index (χ1) is 5.54. The first-order valence-electron chi connectivity index (χ1n) is 4.16. The lowest BCUT2D eigenvalue weighted by Crippen LogP contribution is -2.28. The first-order valence-corrected chi connectivity index (χ1v) is 4.16. The highest BCUT2D eigenvalue weighted by atomic mass is 16.8. The molecule has 1 N–H and O–H groups in total. The van der Waals surface area contributed by atoms with Gasteiger partial charge in [-0.15, -0.1) is 0 Å². The molecule has 2 aliphatic rings. The van der Waals surface area contributed by atoms with Crippen molar-refractivity contribution in [1.29, 1.82) is 0 Å². The fourth-order valence-corrected chi connectivity index (χ4v) is 1.14. The summed E-state index contributed by atoms with van der Waals surface area (Å²) in [4.78, 5) is 10.6. The SMILES string of the molecule is CC(=O)OC1(OC2(O)CC2)CC1. The molecule has 0 aromatic heterocycles. The van der Waals surface area contributed by atoms with E-state index in [1.807, 2.05) is 0 Å². The maximum Gasteiger partial charge on any atom is 0.305 e. The van der Waals surface area contributed by atoms with Crippen LogP contribution in [0.4, 0.5) is 0 Å². The van der Waals surface area contributed by atoms with Crippen molar-refractivity contribution in [2.24, 2.45) is 0 Å². The van der Waals surface area contributed by atoms with E-state index < -0.39 is 11.6 Å². The van der Waals surface area contributed by atoms with Gasteiger partial charge in [0.15, 0.2) is 5.79 Å². The topological polar surface area (TPSA) is 55.8 Å². The van der Waals surface area contributed by atoms with Gasteiger partial charge < -0.3 is 14.6 Å². The molecule has 0 aromatic carbocycles. The third-order valence-corrected chi connectivity index (χ3v) is 2.04. The Morgan fingerprint density at radius 2 is 1.92 bits per heavy atom. The standard InChI is InChI=1S/C8H12O4/c1-6(9)11-8(4-5-8)12-7(10)2-3-7/h10H,2-5H2,1H3. The number of aliphatic hydroxyl groups is 1. The Morgan fingerprint density at radius 3 is 2.25 bits per heavy atom. The van der Waals surface area contributed by atoms with Crippen LogP contribution in [0.5, 0.6) is 0 Å². The van der Waals surface area contributed by atoms with Crippen molar-refractivity contribution in [3.8, 4) is 0 Å². The zero-order valence-corrected chi connectivity index (χ0v) is 7.00. The molecule has 0 spiro atoms. The Kier molecular flexibility index (Phi) is 1.47. The van der Waals surface area contributed by atoms with Crippen LogP contribution in [0.1, 0.15) is 32.6 Å². The van der Waals surface area contributed by atoms with Crippen molar-refractivity contribution >= 4 is 5.97 Å². The molecular weight excluding hydrogens is 160 g/mol. The van der Waals surface area contributed by atoms with E-state index >= 15 is 0 Å². The largest absolute Gasteiger partial charge is 0.433 e. The van der Waals surface area contributed by atoms with Crippen LogP contribution >= 0.6 is 0 Å². The van der Waals surface area contributed by atoms with Gasteiger partial charge in [0.25, 0.3) is 0 Å². The van der Waals surface area contributed by atoms with E-state index in [1.54, 1.807) is 0 Å². The molecule has 2 saturated carbocycles. The summed E-state index contributed by atoms with van der Waals surface area (Å²) in [5.74, 6) is -2.12. The highest BCUT2D eigenvalue weighted by molar-refractivity contribution is 5.66. The zero-order valence-electron chi connectivity index (χ0n) is 7.00. The molecular formula is C8H12O4. The summed E-state index contributed by atoms with van der Waals surface area (Å²) in [5, 5.41) is 9.40. The van der Waals surface area contributed by atoms with E-state index in [2.05, 4.69) is 0 Å². The van der Waals surface area contributed by atoms with Crippen molar-refractivity contribution in [2.75, 3.05) is 0 Å². The molecule has 0 radical (unpaired) electrons. The Balaban J connectivity index is 1.89. The predicted molar refractivity (Wildman–Crippen MR) is 39.0 cm³/mol. The van der Waals surface area contributed by atoms with Crippen LogP contribution in [-0.4, -0.2) is 22.7 Å². The van der Waals surface area contributed by atoms with E-state index in [0.717, 1.165) is 0 Å². The number of ether oxygens (including phenoxy) is 2.